The number of alkyl halides is 2. The quantitative estimate of drug-likeness (QED) is 0.578. The fourth-order valence-electron chi connectivity index (χ4n) is 1.43. The molecular formula is C12H12Br2N2O4. The number of anilines is 2. The third kappa shape index (κ3) is 4.31. The Balaban J connectivity index is 3.24. The Morgan fingerprint density at radius 1 is 1.10 bits per heavy atom. The number of hydrogen-bond donors (Lipinski definition) is 2. The molecule has 2 amide bonds. The molecule has 108 valence electrons. The highest BCUT2D eigenvalue weighted by molar-refractivity contribution is 9.09. The van der Waals surface area contributed by atoms with Gasteiger partial charge in [0.25, 0.3) is 0 Å². The van der Waals surface area contributed by atoms with Gasteiger partial charge in [0, 0.05) is 0 Å². The lowest BCUT2D eigenvalue weighted by atomic mass is 10.1. The van der Waals surface area contributed by atoms with Crippen LogP contribution >= 0.6 is 31.9 Å². The molecule has 0 saturated heterocycles. The van der Waals surface area contributed by atoms with Crippen molar-refractivity contribution in [3.05, 3.63) is 23.8 Å². The summed E-state index contributed by atoms with van der Waals surface area (Å²) in [6.45, 7) is 0. The van der Waals surface area contributed by atoms with Gasteiger partial charge in [0.2, 0.25) is 11.8 Å². The van der Waals surface area contributed by atoms with Gasteiger partial charge in [-0.2, -0.15) is 0 Å². The Bertz CT molecular complexity index is 534. The predicted octanol–water partition coefficient (Wildman–Crippen LogP) is 2.14. The second-order valence-electron chi connectivity index (χ2n) is 3.58. The van der Waals surface area contributed by atoms with E-state index in [4.69, 9.17) is 0 Å². The molecule has 0 aliphatic heterocycles. The number of halogens is 2. The van der Waals surface area contributed by atoms with E-state index in [9.17, 15) is 14.4 Å². The van der Waals surface area contributed by atoms with Gasteiger partial charge in [-0.25, -0.2) is 4.79 Å². The molecule has 20 heavy (non-hydrogen) atoms. The van der Waals surface area contributed by atoms with Gasteiger partial charge in [-0.1, -0.05) is 37.9 Å². The summed E-state index contributed by atoms with van der Waals surface area (Å²) >= 11 is 6.04. The fraction of sp³-hybridized carbons (Fsp3) is 0.250. The summed E-state index contributed by atoms with van der Waals surface area (Å²) < 4.78 is 4.65. The standard InChI is InChI=1S/C12H12Br2N2O4/c1-20-12(19)7-3-2-4-8(15-9(17)5-13)11(7)16-10(18)6-14/h2-4H,5-6H2,1H3,(H,15,17)(H,16,18). The molecule has 1 aromatic carbocycles. The zero-order valence-corrected chi connectivity index (χ0v) is 13.7. The fourth-order valence-corrected chi connectivity index (χ4v) is 1.71. The van der Waals surface area contributed by atoms with Gasteiger partial charge in [-0.15, -0.1) is 0 Å². The van der Waals surface area contributed by atoms with Crippen molar-refractivity contribution < 1.29 is 19.1 Å². The minimum atomic E-state index is -0.607. The van der Waals surface area contributed by atoms with E-state index in [2.05, 4.69) is 47.2 Å². The van der Waals surface area contributed by atoms with Gasteiger partial charge in [0.1, 0.15) is 0 Å². The molecule has 0 aliphatic rings. The average molecular weight is 408 g/mol. The van der Waals surface area contributed by atoms with E-state index in [1.807, 2.05) is 0 Å². The maximum atomic E-state index is 11.7. The van der Waals surface area contributed by atoms with Crippen LogP contribution in [0, 0.1) is 0 Å². The van der Waals surface area contributed by atoms with Gasteiger partial charge >= 0.3 is 5.97 Å². The van der Waals surface area contributed by atoms with E-state index in [-0.39, 0.29) is 33.7 Å². The van der Waals surface area contributed by atoms with Crippen LogP contribution in [0.25, 0.3) is 0 Å². The molecule has 0 heterocycles. The number of ether oxygens (including phenoxy) is 1. The van der Waals surface area contributed by atoms with Crippen molar-refractivity contribution in [2.75, 3.05) is 28.4 Å². The monoisotopic (exact) mass is 406 g/mol. The van der Waals surface area contributed by atoms with Crippen molar-refractivity contribution in [1.82, 2.24) is 0 Å². The van der Waals surface area contributed by atoms with E-state index in [0.717, 1.165) is 0 Å². The van der Waals surface area contributed by atoms with Crippen LogP contribution < -0.4 is 10.6 Å². The Labute approximate surface area is 132 Å². The van der Waals surface area contributed by atoms with Crippen molar-refractivity contribution in [2.45, 2.75) is 0 Å². The minimum Gasteiger partial charge on any atom is -0.465 e. The van der Waals surface area contributed by atoms with E-state index < -0.39 is 5.97 Å². The molecule has 0 fully saturated rings. The van der Waals surface area contributed by atoms with Crippen LogP contribution in [-0.4, -0.2) is 35.6 Å². The lowest BCUT2D eigenvalue weighted by molar-refractivity contribution is -0.114. The third-order valence-electron chi connectivity index (χ3n) is 2.25. The van der Waals surface area contributed by atoms with Crippen LogP contribution in [0.2, 0.25) is 0 Å². The molecule has 6 nitrogen and oxygen atoms in total. The van der Waals surface area contributed by atoms with E-state index >= 15 is 0 Å². The van der Waals surface area contributed by atoms with Crippen LogP contribution in [-0.2, 0) is 14.3 Å². The Kier molecular flexibility index (Phi) is 6.66. The highest BCUT2D eigenvalue weighted by Gasteiger charge is 2.18. The maximum Gasteiger partial charge on any atom is 0.340 e. The minimum absolute atomic E-state index is 0.0638. The van der Waals surface area contributed by atoms with Gasteiger partial charge in [-0.05, 0) is 12.1 Å². The number of methoxy groups -OCH3 is 1. The average Bonchev–Trinajstić information content (AvgIpc) is 2.47. The van der Waals surface area contributed by atoms with Crippen molar-refractivity contribution in [1.29, 1.82) is 0 Å². The molecule has 0 bridgehead atoms. The Morgan fingerprint density at radius 3 is 2.25 bits per heavy atom. The molecule has 1 aromatic rings. The number of benzene rings is 1. The second kappa shape index (κ2) is 8.01. The number of carbonyl (C=O) groups excluding carboxylic acids is 3. The number of nitrogens with one attached hydrogen (secondary N) is 2. The predicted molar refractivity (Wildman–Crippen MR) is 82.6 cm³/mol. The summed E-state index contributed by atoms with van der Waals surface area (Å²) in [6.07, 6.45) is 0. The maximum absolute atomic E-state index is 11.7. The third-order valence-corrected chi connectivity index (χ3v) is 3.27. The molecule has 1 rings (SSSR count). The molecule has 0 spiro atoms. The topological polar surface area (TPSA) is 84.5 Å². The summed E-state index contributed by atoms with van der Waals surface area (Å²) in [4.78, 5) is 34.7. The van der Waals surface area contributed by atoms with E-state index in [1.165, 1.54) is 13.2 Å². The first kappa shape index (κ1) is 16.6. The van der Waals surface area contributed by atoms with Gasteiger partial charge in [0.05, 0.1) is 34.7 Å². The van der Waals surface area contributed by atoms with Crippen molar-refractivity contribution in [2.24, 2.45) is 0 Å². The molecule has 8 heteroatoms. The van der Waals surface area contributed by atoms with Crippen LogP contribution in [0.5, 0.6) is 0 Å². The van der Waals surface area contributed by atoms with Crippen molar-refractivity contribution in [3.8, 4) is 0 Å². The van der Waals surface area contributed by atoms with Crippen molar-refractivity contribution >= 4 is 61.0 Å². The summed E-state index contributed by atoms with van der Waals surface area (Å²) in [5, 5.41) is 5.30. The first-order valence-corrected chi connectivity index (χ1v) is 7.70. The van der Waals surface area contributed by atoms with Crippen molar-refractivity contribution in [3.63, 3.8) is 0 Å². The lowest BCUT2D eigenvalue weighted by Crippen LogP contribution is -2.20. The first-order chi connectivity index (χ1) is 9.53. The van der Waals surface area contributed by atoms with Gasteiger partial charge < -0.3 is 15.4 Å². The Hall–Kier alpha value is -1.41. The highest BCUT2D eigenvalue weighted by atomic mass is 79.9. The SMILES string of the molecule is COC(=O)c1cccc(NC(=O)CBr)c1NC(=O)CBr. The summed E-state index contributed by atoms with van der Waals surface area (Å²) in [7, 11) is 1.24. The zero-order chi connectivity index (χ0) is 15.1. The Morgan fingerprint density at radius 2 is 1.70 bits per heavy atom. The largest absolute Gasteiger partial charge is 0.465 e. The lowest BCUT2D eigenvalue weighted by Gasteiger charge is -2.14. The number of carbonyl (C=O) groups is 3. The second-order valence-corrected chi connectivity index (χ2v) is 4.70. The number of para-hydroxylation sites is 1. The van der Waals surface area contributed by atoms with Gasteiger partial charge in [0.15, 0.2) is 0 Å². The van der Waals surface area contributed by atoms with E-state index in [1.54, 1.807) is 12.1 Å². The van der Waals surface area contributed by atoms with Gasteiger partial charge in [-0.3, -0.25) is 9.59 Å². The molecule has 0 saturated carbocycles. The molecule has 0 aliphatic carbocycles. The first-order valence-electron chi connectivity index (χ1n) is 5.46. The molecule has 0 atom stereocenters. The molecule has 0 aromatic heterocycles. The highest BCUT2D eigenvalue weighted by Crippen LogP contribution is 2.27. The number of esters is 1. The van der Waals surface area contributed by atoms with Crippen LogP contribution in [0.1, 0.15) is 10.4 Å². The van der Waals surface area contributed by atoms with E-state index in [0.29, 0.717) is 5.69 Å². The number of amides is 2. The number of rotatable bonds is 5. The normalized spacial score (nSPS) is 9.75. The summed E-state index contributed by atoms with van der Waals surface area (Å²) in [5.41, 5.74) is 0.693. The molecule has 0 unspecified atom stereocenters. The summed E-state index contributed by atoms with van der Waals surface area (Å²) in [6, 6.07) is 4.66. The van der Waals surface area contributed by atoms with Crippen LogP contribution in [0.3, 0.4) is 0 Å². The smallest absolute Gasteiger partial charge is 0.340 e. The summed E-state index contributed by atoms with van der Waals surface area (Å²) in [5.74, 6) is -1.26. The molecule has 2 N–H and O–H groups in total. The number of hydrogen-bond acceptors (Lipinski definition) is 4. The van der Waals surface area contributed by atoms with Crippen LogP contribution in [0.4, 0.5) is 11.4 Å². The molecule has 0 radical (unpaired) electrons. The van der Waals surface area contributed by atoms with Crippen LogP contribution in [0.15, 0.2) is 18.2 Å². The molecular weight excluding hydrogens is 396 g/mol. The zero-order valence-electron chi connectivity index (χ0n) is 10.5.